The molecule has 1 N–H and O–H groups in total. The average Bonchev–Trinajstić information content (AvgIpc) is 2.55. The summed E-state index contributed by atoms with van der Waals surface area (Å²) in [6, 6.07) is 8.51. The van der Waals surface area contributed by atoms with Gasteiger partial charge in [-0.3, -0.25) is 0 Å². The third-order valence-electron chi connectivity index (χ3n) is 2.99. The maximum absolute atomic E-state index is 3.43. The number of fused-ring (bicyclic) bond motifs is 1. The van der Waals surface area contributed by atoms with Gasteiger partial charge in [0.15, 0.2) is 0 Å². The Balaban J connectivity index is 2.45. The highest BCUT2D eigenvalue weighted by molar-refractivity contribution is 5.84. The third-order valence-corrected chi connectivity index (χ3v) is 2.99. The summed E-state index contributed by atoms with van der Waals surface area (Å²) in [4.78, 5) is 5.75. The molecule has 1 heterocycles. The van der Waals surface area contributed by atoms with E-state index in [2.05, 4.69) is 55.0 Å². The zero-order valence-corrected chi connectivity index (χ0v) is 9.67. The standard InChI is InChI=1S/C13H18N2/c1-4-15(3)9-12-10(2)14-13-8-6-5-7-11(12)13/h5-8,14H,4,9H2,1-3H3. The molecular weight excluding hydrogens is 184 g/mol. The van der Waals surface area contributed by atoms with E-state index in [0.717, 1.165) is 13.1 Å². The summed E-state index contributed by atoms with van der Waals surface area (Å²) < 4.78 is 0. The fourth-order valence-corrected chi connectivity index (χ4v) is 1.92. The summed E-state index contributed by atoms with van der Waals surface area (Å²) in [5, 5.41) is 1.36. The first-order valence-electron chi connectivity index (χ1n) is 5.47. The van der Waals surface area contributed by atoms with E-state index in [0.29, 0.717) is 0 Å². The monoisotopic (exact) mass is 202 g/mol. The molecule has 0 saturated heterocycles. The largest absolute Gasteiger partial charge is 0.358 e. The lowest BCUT2D eigenvalue weighted by atomic mass is 10.1. The van der Waals surface area contributed by atoms with Gasteiger partial charge in [0.2, 0.25) is 0 Å². The number of hydrogen-bond donors (Lipinski definition) is 1. The number of hydrogen-bond acceptors (Lipinski definition) is 1. The van der Waals surface area contributed by atoms with Crippen molar-refractivity contribution in [2.75, 3.05) is 13.6 Å². The van der Waals surface area contributed by atoms with Gasteiger partial charge in [0.05, 0.1) is 0 Å². The van der Waals surface area contributed by atoms with E-state index in [1.54, 1.807) is 0 Å². The molecule has 0 aliphatic rings. The molecule has 0 aliphatic carbocycles. The van der Waals surface area contributed by atoms with Crippen molar-refractivity contribution in [3.8, 4) is 0 Å². The molecule has 0 unspecified atom stereocenters. The van der Waals surface area contributed by atoms with Crippen LogP contribution in [0.2, 0.25) is 0 Å². The van der Waals surface area contributed by atoms with E-state index in [1.165, 1.54) is 22.2 Å². The summed E-state index contributed by atoms with van der Waals surface area (Å²) in [6.45, 7) is 6.44. The van der Waals surface area contributed by atoms with Gasteiger partial charge in [0.25, 0.3) is 0 Å². The van der Waals surface area contributed by atoms with Gasteiger partial charge < -0.3 is 9.88 Å². The summed E-state index contributed by atoms with van der Waals surface area (Å²) in [7, 11) is 2.15. The van der Waals surface area contributed by atoms with E-state index < -0.39 is 0 Å². The van der Waals surface area contributed by atoms with Crippen LogP contribution < -0.4 is 0 Å². The molecule has 0 radical (unpaired) electrons. The summed E-state index contributed by atoms with van der Waals surface area (Å²) in [5.41, 5.74) is 3.96. The minimum Gasteiger partial charge on any atom is -0.358 e. The van der Waals surface area contributed by atoms with Gasteiger partial charge in [-0.05, 0) is 32.1 Å². The fraction of sp³-hybridized carbons (Fsp3) is 0.385. The maximum atomic E-state index is 3.43. The van der Waals surface area contributed by atoms with Gasteiger partial charge in [-0.2, -0.15) is 0 Å². The van der Waals surface area contributed by atoms with Crippen LogP contribution in [0.15, 0.2) is 24.3 Å². The molecule has 0 aliphatic heterocycles. The Hall–Kier alpha value is -1.28. The molecule has 0 spiro atoms. The van der Waals surface area contributed by atoms with Crippen molar-refractivity contribution in [2.24, 2.45) is 0 Å². The summed E-state index contributed by atoms with van der Waals surface area (Å²) >= 11 is 0. The highest BCUT2D eigenvalue weighted by Crippen LogP contribution is 2.22. The van der Waals surface area contributed by atoms with Crippen LogP contribution in [0.3, 0.4) is 0 Å². The van der Waals surface area contributed by atoms with Crippen LogP contribution >= 0.6 is 0 Å². The zero-order chi connectivity index (χ0) is 10.8. The lowest BCUT2D eigenvalue weighted by molar-refractivity contribution is 0.346. The molecule has 2 rings (SSSR count). The molecule has 1 aromatic heterocycles. The van der Waals surface area contributed by atoms with Crippen LogP contribution in [0.5, 0.6) is 0 Å². The quantitative estimate of drug-likeness (QED) is 0.810. The Morgan fingerprint density at radius 3 is 2.73 bits per heavy atom. The van der Waals surface area contributed by atoms with Crippen molar-refractivity contribution in [1.82, 2.24) is 9.88 Å². The van der Waals surface area contributed by atoms with Crippen LogP contribution in [0.25, 0.3) is 10.9 Å². The van der Waals surface area contributed by atoms with E-state index in [1.807, 2.05) is 0 Å². The second-order valence-electron chi connectivity index (χ2n) is 4.10. The number of benzene rings is 1. The van der Waals surface area contributed by atoms with Gasteiger partial charge in [-0.25, -0.2) is 0 Å². The first-order chi connectivity index (χ1) is 7.22. The minimum absolute atomic E-state index is 1.02. The second-order valence-corrected chi connectivity index (χ2v) is 4.10. The number of para-hydroxylation sites is 1. The van der Waals surface area contributed by atoms with Gasteiger partial charge in [-0.15, -0.1) is 0 Å². The van der Waals surface area contributed by atoms with Gasteiger partial charge >= 0.3 is 0 Å². The fourth-order valence-electron chi connectivity index (χ4n) is 1.92. The lowest BCUT2D eigenvalue weighted by Crippen LogP contribution is -2.17. The number of rotatable bonds is 3. The van der Waals surface area contributed by atoms with Crippen LogP contribution in [0.4, 0.5) is 0 Å². The highest BCUT2D eigenvalue weighted by Gasteiger charge is 2.08. The Morgan fingerprint density at radius 2 is 2.00 bits per heavy atom. The van der Waals surface area contributed by atoms with Crippen molar-refractivity contribution in [3.05, 3.63) is 35.5 Å². The van der Waals surface area contributed by atoms with Gasteiger partial charge in [-0.1, -0.05) is 25.1 Å². The number of nitrogens with zero attached hydrogens (tertiary/aromatic N) is 1. The Morgan fingerprint density at radius 1 is 1.27 bits per heavy atom. The molecule has 2 aromatic rings. The average molecular weight is 202 g/mol. The van der Waals surface area contributed by atoms with Crippen molar-refractivity contribution >= 4 is 10.9 Å². The molecule has 2 nitrogen and oxygen atoms in total. The second kappa shape index (κ2) is 4.07. The van der Waals surface area contributed by atoms with Crippen molar-refractivity contribution in [2.45, 2.75) is 20.4 Å². The number of H-pyrrole nitrogens is 1. The molecule has 0 atom stereocenters. The highest BCUT2D eigenvalue weighted by atomic mass is 15.1. The Bertz CT molecular complexity index is 457. The van der Waals surface area contributed by atoms with Crippen LogP contribution in [0.1, 0.15) is 18.2 Å². The first-order valence-corrected chi connectivity index (χ1v) is 5.47. The number of aromatic nitrogens is 1. The van der Waals surface area contributed by atoms with E-state index in [9.17, 15) is 0 Å². The normalized spacial score (nSPS) is 11.5. The van der Waals surface area contributed by atoms with Crippen molar-refractivity contribution in [1.29, 1.82) is 0 Å². The van der Waals surface area contributed by atoms with Gasteiger partial charge in [0, 0.05) is 23.1 Å². The third kappa shape index (κ3) is 1.90. The summed E-state index contributed by atoms with van der Waals surface area (Å²) in [5.74, 6) is 0. The van der Waals surface area contributed by atoms with E-state index in [4.69, 9.17) is 0 Å². The molecule has 0 fully saturated rings. The van der Waals surface area contributed by atoms with Gasteiger partial charge in [0.1, 0.15) is 0 Å². The van der Waals surface area contributed by atoms with Crippen molar-refractivity contribution < 1.29 is 0 Å². The minimum atomic E-state index is 1.02. The SMILES string of the molecule is CCN(C)Cc1c(C)[nH]c2ccccc12. The van der Waals surface area contributed by atoms with E-state index in [-0.39, 0.29) is 0 Å². The number of aryl methyl sites for hydroxylation is 1. The molecule has 15 heavy (non-hydrogen) atoms. The van der Waals surface area contributed by atoms with E-state index >= 15 is 0 Å². The predicted octanol–water partition coefficient (Wildman–Crippen LogP) is 2.93. The Kier molecular flexibility index (Phi) is 2.78. The predicted molar refractivity (Wildman–Crippen MR) is 65.0 cm³/mol. The summed E-state index contributed by atoms with van der Waals surface area (Å²) in [6.07, 6.45) is 0. The molecular formula is C13H18N2. The molecule has 0 saturated carbocycles. The molecule has 80 valence electrons. The molecule has 2 heteroatoms. The van der Waals surface area contributed by atoms with Crippen LogP contribution in [-0.2, 0) is 6.54 Å². The topological polar surface area (TPSA) is 19.0 Å². The molecule has 1 aromatic carbocycles. The Labute approximate surface area is 90.9 Å². The lowest BCUT2D eigenvalue weighted by Gasteiger charge is -2.13. The molecule has 0 amide bonds. The van der Waals surface area contributed by atoms with Crippen molar-refractivity contribution in [3.63, 3.8) is 0 Å². The smallest absolute Gasteiger partial charge is 0.0459 e. The van der Waals surface area contributed by atoms with Crippen LogP contribution in [-0.4, -0.2) is 23.5 Å². The number of aromatic amines is 1. The number of nitrogens with one attached hydrogen (secondary N) is 1. The maximum Gasteiger partial charge on any atom is 0.0459 e. The first kappa shape index (κ1) is 10.2. The van der Waals surface area contributed by atoms with Crippen LogP contribution in [0, 0.1) is 6.92 Å². The zero-order valence-electron chi connectivity index (χ0n) is 9.67. The molecule has 0 bridgehead atoms.